The summed E-state index contributed by atoms with van der Waals surface area (Å²) >= 11 is 0. The predicted octanol–water partition coefficient (Wildman–Crippen LogP) is 1.88. The summed E-state index contributed by atoms with van der Waals surface area (Å²) < 4.78 is 0. The normalized spacial score (nSPS) is 18.0. The number of hydroxylamine groups is 1. The highest BCUT2D eigenvalue weighted by Crippen LogP contribution is 2.21. The maximum atomic E-state index is 13.0. The number of carbonyl (C=O) groups is 3. The van der Waals surface area contributed by atoms with E-state index in [1.165, 1.54) is 30.7 Å². The second-order valence-electron chi connectivity index (χ2n) is 7.23. The van der Waals surface area contributed by atoms with Crippen molar-refractivity contribution >= 4 is 17.7 Å². The van der Waals surface area contributed by atoms with Gasteiger partial charge in [0, 0.05) is 25.9 Å². The van der Waals surface area contributed by atoms with Gasteiger partial charge in [-0.05, 0) is 19.3 Å². The van der Waals surface area contributed by atoms with Crippen LogP contribution in [0.3, 0.4) is 0 Å². The van der Waals surface area contributed by atoms with Crippen LogP contribution in [0.4, 0.5) is 0 Å². The number of carbonyl (C=O) groups excluding carboxylic acids is 3. The lowest BCUT2D eigenvalue weighted by atomic mass is 9.94. The third-order valence-corrected chi connectivity index (χ3v) is 5.10. The minimum Gasteiger partial charge on any atom is -0.357 e. The van der Waals surface area contributed by atoms with Crippen LogP contribution in [0.25, 0.3) is 0 Å². The second kappa shape index (κ2) is 13.5. The van der Waals surface area contributed by atoms with Crippen molar-refractivity contribution in [3.63, 3.8) is 0 Å². The van der Waals surface area contributed by atoms with Crippen molar-refractivity contribution in [1.82, 2.24) is 21.2 Å². The van der Waals surface area contributed by atoms with Crippen molar-refractivity contribution < 1.29 is 19.6 Å². The van der Waals surface area contributed by atoms with Crippen molar-refractivity contribution in [2.75, 3.05) is 13.6 Å². The molecule has 0 radical (unpaired) electrons. The molecule has 3 amide bonds. The zero-order valence-electron chi connectivity index (χ0n) is 16.8. The first-order chi connectivity index (χ1) is 13.0. The Kier molecular flexibility index (Phi) is 11.7. The van der Waals surface area contributed by atoms with Crippen LogP contribution in [0, 0.1) is 5.92 Å². The van der Waals surface area contributed by atoms with E-state index in [4.69, 9.17) is 5.21 Å². The summed E-state index contributed by atoms with van der Waals surface area (Å²) in [5.41, 5.74) is 4.62. The highest BCUT2D eigenvalue weighted by molar-refractivity contribution is 5.90. The molecule has 0 bridgehead atoms. The van der Waals surface area contributed by atoms with Gasteiger partial charge in [0.05, 0.1) is 0 Å². The molecule has 0 aromatic carbocycles. The summed E-state index contributed by atoms with van der Waals surface area (Å²) in [6.07, 6.45) is 9.75. The summed E-state index contributed by atoms with van der Waals surface area (Å²) in [6.45, 7) is 2.80. The van der Waals surface area contributed by atoms with Gasteiger partial charge in [-0.15, -0.1) is 0 Å². The lowest BCUT2D eigenvalue weighted by molar-refractivity contribution is -0.151. The van der Waals surface area contributed by atoms with Gasteiger partial charge >= 0.3 is 0 Å². The molecule has 0 spiro atoms. The van der Waals surface area contributed by atoms with Gasteiger partial charge in [-0.1, -0.05) is 51.9 Å². The number of amides is 3. The molecule has 0 unspecified atom stereocenters. The number of likely N-dealkylation sites (N-methyl/N-ethyl adjacent to an activating group) is 1. The molecule has 0 aliphatic carbocycles. The third kappa shape index (κ3) is 8.26. The number of unbranched alkanes of at least 4 members (excludes halogenated alkanes) is 6. The minimum atomic E-state index is -0.579. The van der Waals surface area contributed by atoms with E-state index in [0.29, 0.717) is 19.4 Å². The molecule has 2 atom stereocenters. The Balaban J connectivity index is 2.63. The fourth-order valence-electron chi connectivity index (χ4n) is 3.51. The van der Waals surface area contributed by atoms with Crippen LogP contribution in [0.5, 0.6) is 0 Å². The van der Waals surface area contributed by atoms with Gasteiger partial charge in [0.1, 0.15) is 6.04 Å². The Hall–Kier alpha value is -1.67. The van der Waals surface area contributed by atoms with E-state index in [0.717, 1.165) is 25.7 Å². The molecule has 1 aliphatic heterocycles. The lowest BCUT2D eigenvalue weighted by Crippen LogP contribution is -2.59. The van der Waals surface area contributed by atoms with Gasteiger partial charge in [-0.2, -0.15) is 0 Å². The fraction of sp³-hybridized carbons (Fsp3) is 0.842. The van der Waals surface area contributed by atoms with Crippen LogP contribution in [-0.4, -0.2) is 47.6 Å². The molecular weight excluding hydrogens is 348 g/mol. The molecule has 0 saturated carbocycles. The predicted molar refractivity (Wildman–Crippen MR) is 103 cm³/mol. The smallest absolute Gasteiger partial charge is 0.244 e. The Morgan fingerprint density at radius 1 is 1.15 bits per heavy atom. The fourth-order valence-corrected chi connectivity index (χ4v) is 3.51. The van der Waals surface area contributed by atoms with E-state index in [1.807, 2.05) is 0 Å². The summed E-state index contributed by atoms with van der Waals surface area (Å²) in [4.78, 5) is 36.8. The molecule has 1 saturated heterocycles. The highest BCUT2D eigenvalue weighted by Gasteiger charge is 2.35. The number of hydrogen-bond acceptors (Lipinski definition) is 5. The van der Waals surface area contributed by atoms with Crippen molar-refractivity contribution in [1.29, 1.82) is 0 Å². The first-order valence-electron chi connectivity index (χ1n) is 10.3. The van der Waals surface area contributed by atoms with Crippen LogP contribution < -0.4 is 16.2 Å². The number of nitrogens with zero attached hydrogens (tertiary/aromatic N) is 1. The van der Waals surface area contributed by atoms with E-state index in [1.54, 1.807) is 12.5 Å². The molecule has 0 aromatic heterocycles. The SMILES string of the molecule is CCCCCCCCC[C@H](CC(=O)NO)C(=O)N1NCCC[C@H]1C(=O)NC. The van der Waals surface area contributed by atoms with Crippen molar-refractivity contribution in [3.8, 4) is 0 Å². The van der Waals surface area contributed by atoms with E-state index < -0.39 is 17.9 Å². The molecular formula is C19H36N4O4. The molecule has 8 heteroatoms. The highest BCUT2D eigenvalue weighted by atomic mass is 16.5. The monoisotopic (exact) mass is 384 g/mol. The van der Waals surface area contributed by atoms with Crippen molar-refractivity contribution in [2.24, 2.45) is 5.92 Å². The number of nitrogens with one attached hydrogen (secondary N) is 3. The van der Waals surface area contributed by atoms with E-state index in [-0.39, 0.29) is 18.2 Å². The van der Waals surface area contributed by atoms with Gasteiger partial charge in [-0.3, -0.25) is 24.6 Å². The maximum Gasteiger partial charge on any atom is 0.244 e. The van der Waals surface area contributed by atoms with Crippen LogP contribution >= 0.6 is 0 Å². The second-order valence-corrected chi connectivity index (χ2v) is 7.23. The molecule has 4 N–H and O–H groups in total. The quantitative estimate of drug-likeness (QED) is 0.233. The van der Waals surface area contributed by atoms with Gasteiger partial charge < -0.3 is 5.32 Å². The summed E-state index contributed by atoms with van der Waals surface area (Å²) in [6, 6.07) is -0.565. The maximum absolute atomic E-state index is 13.0. The van der Waals surface area contributed by atoms with Crippen LogP contribution in [0.15, 0.2) is 0 Å². The molecule has 156 valence electrons. The van der Waals surface area contributed by atoms with Crippen molar-refractivity contribution in [3.05, 3.63) is 0 Å². The molecule has 27 heavy (non-hydrogen) atoms. The summed E-state index contributed by atoms with van der Waals surface area (Å²) in [5.74, 6) is -1.59. The zero-order chi connectivity index (χ0) is 20.1. The van der Waals surface area contributed by atoms with Gasteiger partial charge in [-0.25, -0.2) is 10.9 Å². The molecule has 1 heterocycles. The van der Waals surface area contributed by atoms with Crippen LogP contribution in [-0.2, 0) is 14.4 Å². The van der Waals surface area contributed by atoms with Crippen LogP contribution in [0.2, 0.25) is 0 Å². The average Bonchev–Trinajstić information content (AvgIpc) is 2.70. The van der Waals surface area contributed by atoms with Gasteiger partial charge in [0.15, 0.2) is 0 Å². The first kappa shape index (κ1) is 23.4. The Morgan fingerprint density at radius 2 is 1.81 bits per heavy atom. The van der Waals surface area contributed by atoms with E-state index in [2.05, 4.69) is 17.7 Å². The summed E-state index contributed by atoms with van der Waals surface area (Å²) in [5, 5.41) is 12.8. The van der Waals surface area contributed by atoms with E-state index in [9.17, 15) is 14.4 Å². The minimum absolute atomic E-state index is 0.0796. The van der Waals surface area contributed by atoms with Gasteiger partial charge in [0.25, 0.3) is 0 Å². The first-order valence-corrected chi connectivity index (χ1v) is 10.3. The molecule has 0 aromatic rings. The molecule has 1 fully saturated rings. The Morgan fingerprint density at radius 3 is 2.44 bits per heavy atom. The standard InChI is InChI=1S/C19H36N4O4/c1-3-4-5-6-7-8-9-11-15(14-17(24)22-27)19(26)23-16(18(25)20-2)12-10-13-21-23/h15-16,21,27H,3-14H2,1-2H3,(H,20,25)(H,22,24)/t15-,16+/m1/s1. The third-order valence-electron chi connectivity index (χ3n) is 5.10. The Bertz CT molecular complexity index is 473. The topological polar surface area (TPSA) is 111 Å². The number of rotatable bonds is 12. The van der Waals surface area contributed by atoms with Crippen molar-refractivity contribution in [2.45, 2.75) is 83.6 Å². The summed E-state index contributed by atoms with van der Waals surface area (Å²) in [7, 11) is 1.55. The van der Waals surface area contributed by atoms with E-state index >= 15 is 0 Å². The average molecular weight is 385 g/mol. The van der Waals surface area contributed by atoms with Gasteiger partial charge in [0.2, 0.25) is 17.7 Å². The zero-order valence-corrected chi connectivity index (χ0v) is 16.8. The number of hydrogen-bond donors (Lipinski definition) is 4. The molecule has 1 aliphatic rings. The van der Waals surface area contributed by atoms with Crippen LogP contribution in [0.1, 0.15) is 77.6 Å². The Labute approximate surface area is 162 Å². The number of hydrazine groups is 1. The molecule has 1 rings (SSSR count). The lowest BCUT2D eigenvalue weighted by Gasteiger charge is -2.37. The molecule has 8 nitrogen and oxygen atoms in total. The largest absolute Gasteiger partial charge is 0.357 e.